The molecule has 0 fully saturated rings. The summed E-state index contributed by atoms with van der Waals surface area (Å²) in [5.74, 6) is -0.509. The van der Waals surface area contributed by atoms with E-state index in [-0.39, 0.29) is 21.2 Å². The summed E-state index contributed by atoms with van der Waals surface area (Å²) in [6.07, 6.45) is 0. The second-order valence-electron chi connectivity index (χ2n) is 5.74. The molecule has 5 nitrogen and oxygen atoms in total. The second kappa shape index (κ2) is 7.80. The minimum atomic E-state index is -3.99. The van der Waals surface area contributed by atoms with Crippen molar-refractivity contribution in [1.29, 1.82) is 0 Å². The first-order valence-electron chi connectivity index (χ1n) is 7.78. The molecule has 0 aliphatic carbocycles. The van der Waals surface area contributed by atoms with Crippen LogP contribution < -0.4 is 4.72 Å². The van der Waals surface area contributed by atoms with Crippen molar-refractivity contribution in [2.45, 2.75) is 21.3 Å². The highest BCUT2D eigenvalue weighted by molar-refractivity contribution is 7.94. The van der Waals surface area contributed by atoms with E-state index in [0.717, 1.165) is 23.5 Å². The lowest BCUT2D eigenvalue weighted by Gasteiger charge is -2.16. The van der Waals surface area contributed by atoms with Crippen LogP contribution in [0.4, 0.5) is 4.39 Å². The zero-order valence-corrected chi connectivity index (χ0v) is 17.4. The van der Waals surface area contributed by atoms with Gasteiger partial charge in [0.05, 0.1) is 4.90 Å². The van der Waals surface area contributed by atoms with Crippen LogP contribution >= 0.6 is 22.7 Å². The van der Waals surface area contributed by atoms with Crippen molar-refractivity contribution in [3.8, 4) is 0 Å². The van der Waals surface area contributed by atoms with E-state index in [9.17, 15) is 21.2 Å². The fraction of sp³-hybridized carbons (Fsp3) is 0.176. The number of nitrogens with one attached hydrogen (secondary N) is 1. The van der Waals surface area contributed by atoms with E-state index >= 15 is 0 Å². The molecular weight excluding hydrogens is 429 g/mol. The van der Waals surface area contributed by atoms with E-state index in [1.807, 2.05) is 0 Å². The van der Waals surface area contributed by atoms with Gasteiger partial charge in [-0.1, -0.05) is 12.1 Å². The lowest BCUT2D eigenvalue weighted by Crippen LogP contribution is -2.31. The molecule has 10 heteroatoms. The molecule has 27 heavy (non-hydrogen) atoms. The van der Waals surface area contributed by atoms with Crippen LogP contribution in [0, 0.1) is 12.7 Å². The summed E-state index contributed by atoms with van der Waals surface area (Å²) in [5.41, 5.74) is 0.193. The predicted molar refractivity (Wildman–Crippen MR) is 105 cm³/mol. The summed E-state index contributed by atoms with van der Waals surface area (Å²) < 4.78 is 67.0. The monoisotopic (exact) mass is 445 g/mol. The van der Waals surface area contributed by atoms with Gasteiger partial charge in [0.15, 0.2) is 9.84 Å². The number of aryl methyl sites for hydroxylation is 1. The van der Waals surface area contributed by atoms with Gasteiger partial charge in [-0.2, -0.15) is 0 Å². The minimum absolute atomic E-state index is 0.111. The van der Waals surface area contributed by atoms with Gasteiger partial charge in [0.1, 0.15) is 15.3 Å². The molecule has 1 aromatic carbocycles. The van der Waals surface area contributed by atoms with Crippen molar-refractivity contribution in [3.05, 3.63) is 69.5 Å². The first kappa shape index (κ1) is 20.2. The lowest BCUT2D eigenvalue weighted by molar-refractivity contribution is 0.570. The van der Waals surface area contributed by atoms with Gasteiger partial charge in [-0.15, -0.1) is 22.7 Å². The lowest BCUT2D eigenvalue weighted by atomic mass is 10.2. The highest BCUT2D eigenvalue weighted by Crippen LogP contribution is 2.33. The quantitative estimate of drug-likeness (QED) is 0.601. The zero-order valence-electron chi connectivity index (χ0n) is 14.1. The number of sulfonamides is 1. The number of hydrogen-bond acceptors (Lipinski definition) is 6. The smallest absolute Gasteiger partial charge is 0.222 e. The minimum Gasteiger partial charge on any atom is -0.222 e. The van der Waals surface area contributed by atoms with Gasteiger partial charge in [0, 0.05) is 11.4 Å². The van der Waals surface area contributed by atoms with Gasteiger partial charge < -0.3 is 0 Å². The molecule has 0 unspecified atom stereocenters. The van der Waals surface area contributed by atoms with Crippen molar-refractivity contribution in [3.63, 3.8) is 0 Å². The van der Waals surface area contributed by atoms with Gasteiger partial charge >= 0.3 is 0 Å². The van der Waals surface area contributed by atoms with E-state index in [1.165, 1.54) is 30.4 Å². The fourth-order valence-corrected chi connectivity index (χ4v) is 7.68. The van der Waals surface area contributed by atoms with Crippen LogP contribution in [-0.4, -0.2) is 23.4 Å². The van der Waals surface area contributed by atoms with Gasteiger partial charge in [0.25, 0.3) is 0 Å². The maximum atomic E-state index is 13.4. The molecule has 0 radical (unpaired) electrons. The number of benzene rings is 1. The van der Waals surface area contributed by atoms with Crippen molar-refractivity contribution >= 4 is 42.5 Å². The third-order valence-electron chi connectivity index (χ3n) is 3.91. The van der Waals surface area contributed by atoms with Crippen LogP contribution in [0.5, 0.6) is 0 Å². The largest absolute Gasteiger partial charge is 0.240 e. The number of hydrogen-bond donors (Lipinski definition) is 1. The molecule has 1 atom stereocenters. The van der Waals surface area contributed by atoms with Crippen molar-refractivity contribution in [2.75, 3.05) is 6.54 Å². The highest BCUT2D eigenvalue weighted by atomic mass is 32.2. The molecule has 0 bridgehead atoms. The summed E-state index contributed by atoms with van der Waals surface area (Å²) in [6, 6.07) is 9.95. The Hall–Kier alpha value is -1.59. The third kappa shape index (κ3) is 4.30. The van der Waals surface area contributed by atoms with Crippen LogP contribution in [0.25, 0.3) is 0 Å². The average molecular weight is 446 g/mol. The van der Waals surface area contributed by atoms with Gasteiger partial charge in [-0.25, -0.2) is 25.9 Å². The van der Waals surface area contributed by atoms with E-state index in [1.54, 1.807) is 29.0 Å². The van der Waals surface area contributed by atoms with E-state index in [2.05, 4.69) is 4.72 Å². The van der Waals surface area contributed by atoms with Gasteiger partial charge in [0.2, 0.25) is 10.0 Å². The maximum absolute atomic E-state index is 13.4. The average Bonchev–Trinajstić information content (AvgIpc) is 3.30. The second-order valence-corrected chi connectivity index (χ2v) is 11.8. The molecule has 2 aromatic heterocycles. The maximum Gasteiger partial charge on any atom is 0.240 e. The van der Waals surface area contributed by atoms with Crippen molar-refractivity contribution in [1.82, 2.24) is 4.72 Å². The number of thiophene rings is 2. The number of halogens is 1. The Bertz CT molecular complexity index is 1120. The molecule has 144 valence electrons. The molecule has 1 N–H and O–H groups in total. The first-order chi connectivity index (χ1) is 12.7. The summed E-state index contributed by atoms with van der Waals surface area (Å²) in [6.45, 7) is 1.14. The van der Waals surface area contributed by atoms with E-state index in [0.29, 0.717) is 4.88 Å². The normalized spacial score (nSPS) is 13.6. The summed E-state index contributed by atoms with van der Waals surface area (Å²) in [5, 5.41) is 2.35. The molecule has 2 heterocycles. The molecule has 0 aliphatic heterocycles. The standard InChI is InChI=1S/C17H16FNO4S4/c1-12-10-13(6-7-14(12)18)27(22,23)19-11-16(15-4-2-8-24-15)26(20,21)17-5-3-9-25-17/h2-10,16,19H,11H2,1H3/t16-/m0/s1. The molecule has 0 amide bonds. The van der Waals surface area contributed by atoms with Crippen LogP contribution in [0.2, 0.25) is 0 Å². The molecule has 0 spiro atoms. The Labute approximate surface area is 165 Å². The van der Waals surface area contributed by atoms with Crippen LogP contribution in [0.1, 0.15) is 15.7 Å². The first-order valence-corrected chi connectivity index (χ1v) is 12.6. The van der Waals surface area contributed by atoms with Crippen molar-refractivity contribution in [2.24, 2.45) is 0 Å². The zero-order chi connectivity index (χ0) is 19.7. The Morgan fingerprint density at radius 1 is 1.04 bits per heavy atom. The molecular formula is C17H16FNO4S4. The van der Waals surface area contributed by atoms with Gasteiger partial charge in [-0.3, -0.25) is 0 Å². The Kier molecular flexibility index (Phi) is 5.82. The van der Waals surface area contributed by atoms with Gasteiger partial charge in [-0.05, 0) is 53.6 Å². The Balaban J connectivity index is 1.90. The topological polar surface area (TPSA) is 80.3 Å². The summed E-state index contributed by atoms with van der Waals surface area (Å²) in [7, 11) is -7.75. The molecule has 0 saturated carbocycles. The fourth-order valence-electron chi connectivity index (χ4n) is 2.46. The number of sulfone groups is 1. The molecule has 0 aliphatic rings. The molecule has 3 aromatic rings. The van der Waals surface area contributed by atoms with Crippen LogP contribution in [0.15, 0.2) is 62.3 Å². The van der Waals surface area contributed by atoms with Crippen LogP contribution in [0.3, 0.4) is 0 Å². The van der Waals surface area contributed by atoms with Crippen molar-refractivity contribution < 1.29 is 21.2 Å². The number of rotatable bonds is 7. The summed E-state index contributed by atoms with van der Waals surface area (Å²) in [4.78, 5) is 0.432. The highest BCUT2D eigenvalue weighted by Gasteiger charge is 2.32. The Morgan fingerprint density at radius 3 is 2.33 bits per heavy atom. The molecule has 0 saturated heterocycles. The molecule has 3 rings (SSSR count). The Morgan fingerprint density at radius 2 is 1.74 bits per heavy atom. The SMILES string of the molecule is Cc1cc(S(=O)(=O)NC[C@@H](c2cccs2)S(=O)(=O)c2cccs2)ccc1F. The summed E-state index contributed by atoms with van der Waals surface area (Å²) >= 11 is 2.33. The van der Waals surface area contributed by atoms with E-state index in [4.69, 9.17) is 0 Å². The van der Waals surface area contributed by atoms with Crippen LogP contribution in [-0.2, 0) is 19.9 Å². The van der Waals surface area contributed by atoms with E-state index < -0.39 is 30.9 Å². The predicted octanol–water partition coefficient (Wildman–Crippen LogP) is 3.75. The third-order valence-corrected chi connectivity index (χ3v) is 9.98.